The first kappa shape index (κ1) is 18.3. The van der Waals surface area contributed by atoms with Gasteiger partial charge in [0.25, 0.3) is 0 Å². The number of ether oxygens (including phenoxy) is 1. The summed E-state index contributed by atoms with van der Waals surface area (Å²) in [7, 11) is 0. The summed E-state index contributed by atoms with van der Waals surface area (Å²) in [6, 6.07) is 6.97. The zero-order chi connectivity index (χ0) is 17.4. The Morgan fingerprint density at radius 3 is 2.46 bits per heavy atom. The van der Waals surface area contributed by atoms with Gasteiger partial charge in [-0.1, -0.05) is 38.8 Å². The molecule has 0 aromatic heterocycles. The molecule has 0 bridgehead atoms. The first-order valence-corrected chi connectivity index (χ1v) is 8.45. The van der Waals surface area contributed by atoms with Crippen LogP contribution in [0.4, 0.5) is 4.79 Å². The fraction of sp³-hybridized carbons (Fsp3) is 0.556. The van der Waals surface area contributed by atoms with Gasteiger partial charge in [-0.3, -0.25) is 4.89 Å². The molecule has 24 heavy (non-hydrogen) atoms. The maximum absolute atomic E-state index is 11.8. The molecule has 6 heteroatoms. The third-order valence-electron chi connectivity index (χ3n) is 4.22. The summed E-state index contributed by atoms with van der Waals surface area (Å²) in [5, 5.41) is 4.24. The minimum Gasteiger partial charge on any atom is -0.429 e. The van der Waals surface area contributed by atoms with Gasteiger partial charge in [-0.05, 0) is 49.3 Å². The molecule has 0 spiro atoms. The van der Waals surface area contributed by atoms with Crippen LogP contribution in [0.15, 0.2) is 24.3 Å². The van der Waals surface area contributed by atoms with Gasteiger partial charge in [-0.25, -0.2) is 14.5 Å². The molecule has 2 unspecified atom stereocenters. The molecule has 2 atom stereocenters. The van der Waals surface area contributed by atoms with Crippen molar-refractivity contribution in [3.05, 3.63) is 35.4 Å². The largest absolute Gasteiger partial charge is 0.543 e. The summed E-state index contributed by atoms with van der Waals surface area (Å²) in [5.74, 6) is -0.452. The lowest BCUT2D eigenvalue weighted by atomic mass is 9.88. The van der Waals surface area contributed by atoms with Crippen molar-refractivity contribution < 1.29 is 29.1 Å². The van der Waals surface area contributed by atoms with E-state index in [-0.39, 0.29) is 12.0 Å². The average Bonchev–Trinajstić information content (AvgIpc) is 2.58. The topological polar surface area (TPSA) is 71.1 Å². The van der Waals surface area contributed by atoms with Crippen LogP contribution < -0.4 is 0 Å². The van der Waals surface area contributed by atoms with Crippen LogP contribution in [-0.2, 0) is 26.0 Å². The minimum absolute atomic E-state index is 0.184. The summed E-state index contributed by atoms with van der Waals surface area (Å²) < 4.78 is 5.16. The van der Waals surface area contributed by atoms with Gasteiger partial charge in [0.15, 0.2) is 0 Å². The van der Waals surface area contributed by atoms with Crippen molar-refractivity contribution in [2.45, 2.75) is 58.5 Å². The highest BCUT2D eigenvalue weighted by Gasteiger charge is 2.26. The van der Waals surface area contributed by atoms with Gasteiger partial charge >= 0.3 is 12.1 Å². The Balaban J connectivity index is 1.70. The Morgan fingerprint density at radius 1 is 1.08 bits per heavy atom. The van der Waals surface area contributed by atoms with E-state index in [0.29, 0.717) is 5.56 Å². The standard InChI is InChI=1S/C18H24O6/c1-3-6-14-9-11-15(12-10-14)17(19)22-24-23-18(20)21-16-8-5-4-7-13(16)2/h9-13,16H,3-8H2,1-2H3. The van der Waals surface area contributed by atoms with Crippen LogP contribution in [0.1, 0.15) is 61.9 Å². The second-order valence-corrected chi connectivity index (χ2v) is 6.14. The maximum atomic E-state index is 11.8. The number of hydrogen-bond acceptors (Lipinski definition) is 6. The molecule has 1 aromatic carbocycles. The van der Waals surface area contributed by atoms with Gasteiger partial charge in [0, 0.05) is 0 Å². The van der Waals surface area contributed by atoms with Crippen molar-refractivity contribution >= 4 is 12.1 Å². The number of aryl methyl sites for hydroxylation is 1. The lowest BCUT2D eigenvalue weighted by Crippen LogP contribution is -2.28. The fourth-order valence-corrected chi connectivity index (χ4v) is 2.82. The van der Waals surface area contributed by atoms with Crippen molar-refractivity contribution in [3.63, 3.8) is 0 Å². The normalized spacial score (nSPS) is 20.2. The van der Waals surface area contributed by atoms with Crippen molar-refractivity contribution in [2.24, 2.45) is 5.92 Å². The van der Waals surface area contributed by atoms with E-state index in [4.69, 9.17) is 4.74 Å². The summed E-state index contributed by atoms with van der Waals surface area (Å²) in [6.07, 6.45) is 4.77. The van der Waals surface area contributed by atoms with E-state index in [1.54, 1.807) is 12.1 Å². The average molecular weight is 336 g/mol. The highest BCUT2D eigenvalue weighted by Crippen LogP contribution is 2.26. The molecular weight excluding hydrogens is 312 g/mol. The van der Waals surface area contributed by atoms with Crippen molar-refractivity contribution in [3.8, 4) is 0 Å². The number of hydrogen-bond donors (Lipinski definition) is 0. The van der Waals surface area contributed by atoms with E-state index in [2.05, 4.69) is 21.7 Å². The van der Waals surface area contributed by atoms with Crippen molar-refractivity contribution in [2.75, 3.05) is 0 Å². The summed E-state index contributed by atoms with van der Waals surface area (Å²) in [4.78, 5) is 32.1. The predicted octanol–water partition coefficient (Wildman–Crippen LogP) is 4.37. The highest BCUT2D eigenvalue weighted by molar-refractivity contribution is 5.88. The van der Waals surface area contributed by atoms with E-state index in [1.807, 2.05) is 19.1 Å². The quantitative estimate of drug-likeness (QED) is 0.436. The Bertz CT molecular complexity index is 539. The molecule has 1 aromatic rings. The van der Waals surface area contributed by atoms with Gasteiger partial charge < -0.3 is 4.74 Å². The Morgan fingerprint density at radius 2 is 1.79 bits per heavy atom. The Labute approximate surface area is 141 Å². The van der Waals surface area contributed by atoms with Crippen LogP contribution in [0, 0.1) is 5.92 Å². The van der Waals surface area contributed by atoms with E-state index in [9.17, 15) is 9.59 Å². The molecule has 2 rings (SSSR count). The smallest absolute Gasteiger partial charge is 0.429 e. The van der Waals surface area contributed by atoms with Gasteiger partial charge in [0.05, 0.1) is 10.6 Å². The second kappa shape index (κ2) is 9.27. The van der Waals surface area contributed by atoms with Crippen LogP contribution in [0.2, 0.25) is 0 Å². The number of carbonyl (C=O) groups excluding carboxylic acids is 2. The molecule has 1 aliphatic carbocycles. The summed E-state index contributed by atoms with van der Waals surface area (Å²) in [6.45, 7) is 4.11. The Hall–Kier alpha value is -2.08. The maximum Gasteiger partial charge on any atom is 0.543 e. The van der Waals surface area contributed by atoms with E-state index >= 15 is 0 Å². The van der Waals surface area contributed by atoms with Gasteiger partial charge in [-0.2, -0.15) is 0 Å². The summed E-state index contributed by atoms with van der Waals surface area (Å²) >= 11 is 0. The zero-order valence-electron chi connectivity index (χ0n) is 14.2. The number of benzene rings is 1. The zero-order valence-corrected chi connectivity index (χ0v) is 14.2. The monoisotopic (exact) mass is 336 g/mol. The lowest BCUT2D eigenvalue weighted by Gasteiger charge is -2.27. The lowest BCUT2D eigenvalue weighted by molar-refractivity contribution is -0.453. The molecular formula is C18H24O6. The minimum atomic E-state index is -1.00. The van der Waals surface area contributed by atoms with Crippen molar-refractivity contribution in [1.29, 1.82) is 0 Å². The van der Waals surface area contributed by atoms with E-state index in [1.165, 1.54) is 0 Å². The van der Waals surface area contributed by atoms with Crippen LogP contribution in [-0.4, -0.2) is 18.2 Å². The molecule has 1 fully saturated rings. The molecule has 0 radical (unpaired) electrons. The first-order chi connectivity index (χ1) is 11.6. The molecule has 0 heterocycles. The molecule has 0 aliphatic heterocycles. The molecule has 132 valence electrons. The summed E-state index contributed by atoms with van der Waals surface area (Å²) in [5.41, 5.74) is 1.45. The molecule has 1 aliphatic rings. The predicted molar refractivity (Wildman–Crippen MR) is 85.9 cm³/mol. The molecule has 1 saturated carbocycles. The third kappa shape index (κ3) is 5.53. The SMILES string of the molecule is CCCc1ccc(C(=O)OOOC(=O)OC2CCCCC2C)cc1. The fourth-order valence-electron chi connectivity index (χ4n) is 2.82. The molecule has 0 saturated heterocycles. The van der Waals surface area contributed by atoms with Gasteiger partial charge in [0.1, 0.15) is 6.10 Å². The van der Waals surface area contributed by atoms with Gasteiger partial charge in [0.2, 0.25) is 0 Å². The van der Waals surface area contributed by atoms with Crippen molar-refractivity contribution in [1.82, 2.24) is 0 Å². The number of rotatable bonds is 6. The van der Waals surface area contributed by atoms with Crippen LogP contribution in [0.25, 0.3) is 0 Å². The first-order valence-electron chi connectivity index (χ1n) is 8.45. The van der Waals surface area contributed by atoms with Gasteiger partial charge in [-0.15, -0.1) is 0 Å². The highest BCUT2D eigenvalue weighted by atomic mass is 17.5. The Kier molecular flexibility index (Phi) is 7.06. The van der Waals surface area contributed by atoms with Crippen LogP contribution in [0.3, 0.4) is 0 Å². The molecule has 0 amide bonds. The third-order valence-corrected chi connectivity index (χ3v) is 4.22. The van der Waals surface area contributed by atoms with Crippen LogP contribution in [0.5, 0.6) is 0 Å². The van der Waals surface area contributed by atoms with Crippen LogP contribution >= 0.6 is 0 Å². The second-order valence-electron chi connectivity index (χ2n) is 6.14. The molecule has 0 N–H and O–H groups in total. The number of carbonyl (C=O) groups is 2. The molecule has 6 nitrogen and oxygen atoms in total. The van der Waals surface area contributed by atoms with E-state index < -0.39 is 12.1 Å². The van der Waals surface area contributed by atoms with E-state index in [0.717, 1.165) is 44.1 Å².